The molecule has 2 heterocycles. The molecule has 0 fully saturated rings. The molecule has 0 unspecified atom stereocenters. The molecule has 7 heteroatoms. The van der Waals surface area contributed by atoms with Crippen LogP contribution in [0.4, 0.5) is 0 Å². The standard InChI is InChI=1S/C22H21NO5S/c1-14(2)27-21-10-15(7-8-29(24,25)26)9-17-18(21)12-23-13-19(17)22-11-16-5-3-4-6-20(16)28-22/h3-6,9-14H,7-8H2,1-2H3,(H,24,25,26). The number of para-hydroxylation sites is 1. The van der Waals surface area contributed by atoms with Crippen molar-refractivity contribution in [3.8, 4) is 17.1 Å². The van der Waals surface area contributed by atoms with E-state index in [2.05, 4.69) is 4.98 Å². The van der Waals surface area contributed by atoms with Crippen LogP contribution in [0.5, 0.6) is 5.75 Å². The fourth-order valence-electron chi connectivity index (χ4n) is 3.35. The molecule has 150 valence electrons. The highest BCUT2D eigenvalue weighted by Crippen LogP contribution is 2.37. The van der Waals surface area contributed by atoms with Crippen LogP contribution in [0.1, 0.15) is 19.4 Å². The van der Waals surface area contributed by atoms with Gasteiger partial charge in [-0.1, -0.05) is 18.2 Å². The molecule has 0 radical (unpaired) electrons. The zero-order valence-corrected chi connectivity index (χ0v) is 16.9. The van der Waals surface area contributed by atoms with Crippen LogP contribution in [-0.4, -0.2) is 29.8 Å². The van der Waals surface area contributed by atoms with Crippen molar-refractivity contribution in [1.82, 2.24) is 4.98 Å². The second-order valence-corrected chi connectivity index (χ2v) is 8.80. The summed E-state index contributed by atoms with van der Waals surface area (Å²) in [5.74, 6) is 0.935. The lowest BCUT2D eigenvalue weighted by Crippen LogP contribution is -2.09. The first-order valence-corrected chi connectivity index (χ1v) is 10.9. The van der Waals surface area contributed by atoms with Gasteiger partial charge < -0.3 is 9.15 Å². The van der Waals surface area contributed by atoms with Crippen LogP contribution in [0.25, 0.3) is 33.1 Å². The highest BCUT2D eigenvalue weighted by molar-refractivity contribution is 7.85. The van der Waals surface area contributed by atoms with Gasteiger partial charge in [0, 0.05) is 28.7 Å². The molecule has 29 heavy (non-hydrogen) atoms. The Kier molecular flexibility index (Phi) is 5.02. The molecule has 2 aromatic carbocycles. The number of pyridine rings is 1. The van der Waals surface area contributed by atoms with Crippen LogP contribution in [0.2, 0.25) is 0 Å². The van der Waals surface area contributed by atoms with Gasteiger partial charge in [-0.3, -0.25) is 9.54 Å². The summed E-state index contributed by atoms with van der Waals surface area (Å²) >= 11 is 0. The molecule has 0 aliphatic rings. The first-order valence-electron chi connectivity index (χ1n) is 9.31. The minimum absolute atomic E-state index is 0.0649. The number of hydrogen-bond acceptors (Lipinski definition) is 5. The SMILES string of the molecule is CC(C)Oc1cc(CCS(=O)(=O)O)cc2c(-c3cc4ccccc4o3)cncc12. The van der Waals surface area contributed by atoms with E-state index in [1.165, 1.54) is 0 Å². The number of rotatable bonds is 6. The molecular formula is C22H21NO5S. The molecule has 4 rings (SSSR count). The average Bonchev–Trinajstić information content (AvgIpc) is 3.09. The van der Waals surface area contributed by atoms with Gasteiger partial charge in [-0.15, -0.1) is 0 Å². The van der Waals surface area contributed by atoms with E-state index in [1.54, 1.807) is 18.5 Å². The van der Waals surface area contributed by atoms with E-state index < -0.39 is 10.1 Å². The van der Waals surface area contributed by atoms with E-state index in [1.807, 2.05) is 50.2 Å². The number of ether oxygens (including phenoxy) is 1. The summed E-state index contributed by atoms with van der Waals surface area (Å²) in [5, 5.41) is 2.65. The van der Waals surface area contributed by atoms with E-state index in [-0.39, 0.29) is 18.3 Å². The maximum Gasteiger partial charge on any atom is 0.265 e. The molecule has 0 saturated carbocycles. The minimum atomic E-state index is -4.06. The summed E-state index contributed by atoms with van der Waals surface area (Å²) in [6.07, 6.45) is 3.56. The predicted octanol–water partition coefficient (Wildman–Crippen LogP) is 4.87. The Morgan fingerprint density at radius 2 is 1.90 bits per heavy atom. The Morgan fingerprint density at radius 3 is 2.62 bits per heavy atom. The van der Waals surface area contributed by atoms with Gasteiger partial charge in [0.2, 0.25) is 0 Å². The second kappa shape index (κ2) is 7.50. The van der Waals surface area contributed by atoms with Gasteiger partial charge in [0.1, 0.15) is 17.1 Å². The molecular weight excluding hydrogens is 390 g/mol. The molecule has 1 N–H and O–H groups in total. The largest absolute Gasteiger partial charge is 0.490 e. The first-order chi connectivity index (χ1) is 13.8. The van der Waals surface area contributed by atoms with E-state index in [0.29, 0.717) is 11.5 Å². The van der Waals surface area contributed by atoms with Gasteiger partial charge in [-0.05, 0) is 55.5 Å². The van der Waals surface area contributed by atoms with Gasteiger partial charge in [0.25, 0.3) is 10.1 Å². The van der Waals surface area contributed by atoms with Crippen molar-refractivity contribution >= 4 is 31.9 Å². The molecule has 2 aromatic heterocycles. The van der Waals surface area contributed by atoms with Crippen LogP contribution >= 0.6 is 0 Å². The van der Waals surface area contributed by atoms with Crippen LogP contribution in [-0.2, 0) is 16.5 Å². The molecule has 0 bridgehead atoms. The van der Waals surface area contributed by atoms with Crippen molar-refractivity contribution in [3.05, 3.63) is 60.4 Å². The maximum absolute atomic E-state index is 11.2. The number of fused-ring (bicyclic) bond motifs is 2. The molecule has 0 spiro atoms. The lowest BCUT2D eigenvalue weighted by molar-refractivity contribution is 0.245. The zero-order chi connectivity index (χ0) is 20.6. The fourth-order valence-corrected chi connectivity index (χ4v) is 3.84. The summed E-state index contributed by atoms with van der Waals surface area (Å²) in [4.78, 5) is 4.37. The minimum Gasteiger partial charge on any atom is -0.490 e. The average molecular weight is 411 g/mol. The van der Waals surface area contributed by atoms with E-state index in [9.17, 15) is 8.42 Å². The number of benzene rings is 2. The number of aromatic nitrogens is 1. The molecule has 6 nitrogen and oxygen atoms in total. The van der Waals surface area contributed by atoms with E-state index in [0.717, 1.165) is 32.9 Å². The Balaban J connectivity index is 1.90. The van der Waals surface area contributed by atoms with Gasteiger partial charge in [0.15, 0.2) is 0 Å². The van der Waals surface area contributed by atoms with Crippen LogP contribution in [0, 0.1) is 0 Å². The number of aryl methyl sites for hydroxylation is 1. The molecule has 0 amide bonds. The third kappa shape index (κ3) is 4.26. The Labute approximate surface area is 168 Å². The Hall–Kier alpha value is -2.90. The van der Waals surface area contributed by atoms with Crippen molar-refractivity contribution in [1.29, 1.82) is 0 Å². The van der Waals surface area contributed by atoms with Crippen molar-refractivity contribution in [2.75, 3.05) is 5.75 Å². The highest BCUT2D eigenvalue weighted by atomic mass is 32.2. The molecule has 4 aromatic rings. The van der Waals surface area contributed by atoms with Gasteiger partial charge in [0.05, 0.1) is 11.9 Å². The summed E-state index contributed by atoms with van der Waals surface area (Å²) < 4.78 is 43.6. The summed E-state index contributed by atoms with van der Waals surface area (Å²) in [7, 11) is -4.06. The quantitative estimate of drug-likeness (QED) is 0.456. The monoisotopic (exact) mass is 411 g/mol. The number of hydrogen-bond donors (Lipinski definition) is 1. The molecule has 0 saturated heterocycles. The van der Waals surface area contributed by atoms with E-state index >= 15 is 0 Å². The summed E-state index contributed by atoms with van der Waals surface area (Å²) in [6.45, 7) is 3.85. The predicted molar refractivity (Wildman–Crippen MR) is 113 cm³/mol. The van der Waals surface area contributed by atoms with Gasteiger partial charge in [-0.25, -0.2) is 0 Å². The number of furan rings is 1. The van der Waals surface area contributed by atoms with Gasteiger partial charge >= 0.3 is 0 Å². The van der Waals surface area contributed by atoms with Crippen molar-refractivity contribution < 1.29 is 22.1 Å². The molecule has 0 aliphatic heterocycles. The van der Waals surface area contributed by atoms with Crippen LogP contribution < -0.4 is 4.74 Å². The normalized spacial score (nSPS) is 12.1. The van der Waals surface area contributed by atoms with Crippen molar-refractivity contribution in [2.45, 2.75) is 26.4 Å². The molecule has 0 atom stereocenters. The highest BCUT2D eigenvalue weighted by Gasteiger charge is 2.16. The van der Waals surface area contributed by atoms with Crippen molar-refractivity contribution in [3.63, 3.8) is 0 Å². The lowest BCUT2D eigenvalue weighted by Gasteiger charge is -2.15. The number of nitrogens with zero attached hydrogens (tertiary/aromatic N) is 1. The van der Waals surface area contributed by atoms with Crippen molar-refractivity contribution in [2.24, 2.45) is 0 Å². The summed E-state index contributed by atoms with van der Waals surface area (Å²) in [6, 6.07) is 13.4. The van der Waals surface area contributed by atoms with Gasteiger partial charge in [-0.2, -0.15) is 8.42 Å². The summed E-state index contributed by atoms with van der Waals surface area (Å²) in [5.41, 5.74) is 2.32. The third-order valence-electron chi connectivity index (χ3n) is 4.60. The van der Waals surface area contributed by atoms with Crippen LogP contribution in [0.3, 0.4) is 0 Å². The third-order valence-corrected chi connectivity index (χ3v) is 5.32. The molecule has 0 aliphatic carbocycles. The first kappa shape index (κ1) is 19.4. The zero-order valence-electron chi connectivity index (χ0n) is 16.1. The maximum atomic E-state index is 11.2. The Morgan fingerprint density at radius 1 is 1.10 bits per heavy atom. The lowest BCUT2D eigenvalue weighted by atomic mass is 10.0. The second-order valence-electron chi connectivity index (χ2n) is 7.23. The van der Waals surface area contributed by atoms with E-state index in [4.69, 9.17) is 13.7 Å². The Bertz CT molecular complexity index is 1260. The fraction of sp³-hybridized carbons (Fsp3) is 0.227. The van der Waals surface area contributed by atoms with Crippen LogP contribution in [0.15, 0.2) is 59.3 Å². The topological polar surface area (TPSA) is 89.6 Å². The smallest absolute Gasteiger partial charge is 0.265 e.